The van der Waals surface area contributed by atoms with E-state index in [0.717, 1.165) is 55.0 Å². The van der Waals surface area contributed by atoms with E-state index in [2.05, 4.69) is 58.6 Å². The molecule has 4 aromatic carbocycles. The number of hydrogen-bond donors (Lipinski definition) is 0. The maximum Gasteiger partial charge on any atom is 0.0980 e. The molecule has 5 rings (SSSR count). The van der Waals surface area contributed by atoms with E-state index in [9.17, 15) is 0 Å². The van der Waals surface area contributed by atoms with Crippen LogP contribution in [-0.2, 0) is 0 Å². The Bertz CT molecular complexity index is 1420. The predicted octanol–water partition coefficient (Wildman–Crippen LogP) is 7.13. The number of rotatable bonds is 2. The van der Waals surface area contributed by atoms with Crippen molar-refractivity contribution < 1.29 is 0 Å². The van der Waals surface area contributed by atoms with Crippen LogP contribution in [0.1, 0.15) is 11.1 Å². The van der Waals surface area contributed by atoms with Crippen LogP contribution in [0.3, 0.4) is 0 Å². The van der Waals surface area contributed by atoms with E-state index in [4.69, 9.17) is 9.97 Å². The first kappa shape index (κ1) is 18.2. The number of nitrogens with zero attached hydrogens (tertiary/aromatic N) is 6. The van der Waals surface area contributed by atoms with Crippen molar-refractivity contribution in [1.29, 1.82) is 0 Å². The second kappa shape index (κ2) is 6.91. The zero-order valence-corrected chi connectivity index (χ0v) is 17.3. The minimum absolute atomic E-state index is 0.795. The van der Waals surface area contributed by atoms with Gasteiger partial charge in [-0.2, -0.15) is 20.5 Å². The van der Waals surface area contributed by atoms with Crippen molar-refractivity contribution >= 4 is 55.0 Å². The van der Waals surface area contributed by atoms with E-state index in [1.54, 1.807) is 14.1 Å². The molecule has 6 heteroatoms. The van der Waals surface area contributed by atoms with Gasteiger partial charge in [0.15, 0.2) is 0 Å². The fraction of sp³-hybridized carbons (Fsp3) is 0.167. The molecule has 146 valence electrons. The Morgan fingerprint density at radius 2 is 1.00 bits per heavy atom. The van der Waals surface area contributed by atoms with E-state index in [0.29, 0.717) is 0 Å². The summed E-state index contributed by atoms with van der Waals surface area (Å²) >= 11 is 0. The van der Waals surface area contributed by atoms with Gasteiger partial charge in [0.1, 0.15) is 0 Å². The first-order valence-corrected chi connectivity index (χ1v) is 9.77. The molecule has 5 aromatic rings. The van der Waals surface area contributed by atoms with Crippen LogP contribution < -0.4 is 0 Å². The second-order valence-electron chi connectivity index (χ2n) is 7.41. The Kier molecular flexibility index (Phi) is 4.20. The van der Waals surface area contributed by atoms with Crippen molar-refractivity contribution in [3.63, 3.8) is 0 Å². The first-order chi connectivity index (χ1) is 14.6. The number of hydrogen-bond acceptors (Lipinski definition) is 6. The van der Waals surface area contributed by atoms with Crippen LogP contribution in [0.4, 0.5) is 11.4 Å². The first-order valence-electron chi connectivity index (χ1n) is 9.77. The number of azo groups is 2. The van der Waals surface area contributed by atoms with Crippen LogP contribution >= 0.6 is 0 Å². The summed E-state index contributed by atoms with van der Waals surface area (Å²) in [5.41, 5.74) is 7.48. The molecule has 6 nitrogen and oxygen atoms in total. The van der Waals surface area contributed by atoms with Gasteiger partial charge in [-0.1, -0.05) is 12.1 Å². The fourth-order valence-corrected chi connectivity index (χ4v) is 3.97. The van der Waals surface area contributed by atoms with Crippen molar-refractivity contribution in [3.8, 4) is 0 Å². The lowest BCUT2D eigenvalue weighted by molar-refractivity contribution is 1.17. The molecule has 0 N–H and O–H groups in total. The lowest BCUT2D eigenvalue weighted by Gasteiger charge is -2.12. The fourth-order valence-electron chi connectivity index (χ4n) is 3.97. The molecule has 0 aliphatic rings. The SMILES string of the molecule is CN=Nc1ccc2c3ccc(N=NC)cc3c3nc4cc(C)c(C)cc4nc3c2c1. The van der Waals surface area contributed by atoms with Crippen LogP contribution in [0.2, 0.25) is 0 Å². The maximum atomic E-state index is 5.05. The Labute approximate surface area is 173 Å². The molecule has 0 aliphatic heterocycles. The number of fused-ring (bicyclic) bond motifs is 7. The average Bonchev–Trinajstić information content (AvgIpc) is 2.74. The molecular weight excluding hydrogens is 372 g/mol. The highest BCUT2D eigenvalue weighted by Crippen LogP contribution is 2.37. The quantitative estimate of drug-likeness (QED) is 0.182. The topological polar surface area (TPSA) is 75.2 Å². The van der Waals surface area contributed by atoms with Gasteiger partial charge in [0, 0.05) is 24.9 Å². The lowest BCUT2D eigenvalue weighted by atomic mass is 9.98. The molecule has 0 amide bonds. The minimum atomic E-state index is 0.795. The van der Waals surface area contributed by atoms with Gasteiger partial charge in [0.05, 0.1) is 33.4 Å². The van der Waals surface area contributed by atoms with Gasteiger partial charge in [0.25, 0.3) is 0 Å². The molecule has 0 atom stereocenters. The predicted molar refractivity (Wildman–Crippen MR) is 122 cm³/mol. The van der Waals surface area contributed by atoms with Gasteiger partial charge in [-0.25, -0.2) is 9.97 Å². The maximum absolute atomic E-state index is 5.05. The highest BCUT2D eigenvalue weighted by Gasteiger charge is 2.14. The zero-order chi connectivity index (χ0) is 20.8. The van der Waals surface area contributed by atoms with Crippen molar-refractivity contribution in [2.75, 3.05) is 14.1 Å². The molecule has 0 aliphatic carbocycles. The highest BCUT2D eigenvalue weighted by atomic mass is 15.1. The van der Waals surface area contributed by atoms with E-state index >= 15 is 0 Å². The molecule has 1 aromatic heterocycles. The van der Waals surface area contributed by atoms with Gasteiger partial charge >= 0.3 is 0 Å². The van der Waals surface area contributed by atoms with E-state index in [-0.39, 0.29) is 0 Å². The third kappa shape index (κ3) is 2.80. The second-order valence-corrected chi connectivity index (χ2v) is 7.41. The van der Waals surface area contributed by atoms with Gasteiger partial charge in [-0.3, -0.25) is 0 Å². The van der Waals surface area contributed by atoms with Crippen molar-refractivity contribution in [3.05, 3.63) is 59.7 Å². The van der Waals surface area contributed by atoms with Crippen LogP contribution in [0.5, 0.6) is 0 Å². The molecular formula is C24H20N6. The Morgan fingerprint density at radius 3 is 1.40 bits per heavy atom. The number of aryl methyl sites for hydroxylation is 2. The summed E-state index contributed by atoms with van der Waals surface area (Å²) in [5, 5.41) is 20.5. The normalized spacial score (nSPS) is 12.4. The summed E-state index contributed by atoms with van der Waals surface area (Å²) in [5.74, 6) is 0. The molecule has 0 saturated carbocycles. The molecule has 0 spiro atoms. The molecule has 30 heavy (non-hydrogen) atoms. The smallest absolute Gasteiger partial charge is 0.0980 e. The number of aromatic nitrogens is 2. The average molecular weight is 392 g/mol. The minimum Gasteiger partial charge on any atom is -0.244 e. The third-order valence-corrected chi connectivity index (χ3v) is 5.52. The summed E-state index contributed by atoms with van der Waals surface area (Å²) < 4.78 is 0. The summed E-state index contributed by atoms with van der Waals surface area (Å²) in [6, 6.07) is 16.4. The molecule has 1 heterocycles. The summed E-state index contributed by atoms with van der Waals surface area (Å²) in [6.07, 6.45) is 0. The van der Waals surface area contributed by atoms with Crippen LogP contribution in [-0.4, -0.2) is 24.1 Å². The van der Waals surface area contributed by atoms with Crippen molar-refractivity contribution in [2.24, 2.45) is 20.5 Å². The van der Waals surface area contributed by atoms with Gasteiger partial charge in [-0.15, -0.1) is 0 Å². The van der Waals surface area contributed by atoms with Crippen molar-refractivity contribution in [1.82, 2.24) is 9.97 Å². The Hall–Kier alpha value is -3.80. The van der Waals surface area contributed by atoms with Gasteiger partial charge in [-0.05, 0) is 72.1 Å². The van der Waals surface area contributed by atoms with Gasteiger partial charge in [0.2, 0.25) is 0 Å². The third-order valence-electron chi connectivity index (χ3n) is 5.52. The van der Waals surface area contributed by atoms with Crippen LogP contribution in [0.15, 0.2) is 69.0 Å². The van der Waals surface area contributed by atoms with Gasteiger partial charge < -0.3 is 0 Å². The van der Waals surface area contributed by atoms with Crippen molar-refractivity contribution in [2.45, 2.75) is 13.8 Å². The zero-order valence-electron chi connectivity index (χ0n) is 17.3. The Morgan fingerprint density at radius 1 is 0.567 bits per heavy atom. The molecule has 0 saturated heterocycles. The molecule has 0 radical (unpaired) electrons. The summed E-state index contributed by atoms with van der Waals surface area (Å²) in [6.45, 7) is 4.20. The largest absolute Gasteiger partial charge is 0.244 e. The Balaban J connectivity index is 2.03. The molecule has 0 fully saturated rings. The van der Waals surface area contributed by atoms with E-state index in [1.165, 1.54) is 11.1 Å². The van der Waals surface area contributed by atoms with E-state index < -0.39 is 0 Å². The summed E-state index contributed by atoms with van der Waals surface area (Å²) in [4.78, 5) is 10.1. The van der Waals surface area contributed by atoms with Crippen LogP contribution in [0, 0.1) is 13.8 Å². The monoisotopic (exact) mass is 392 g/mol. The standard InChI is InChI=1S/C24H20N6/c1-13-9-21-22(10-14(13)2)28-24-20-12-16(30-26-4)6-8-18(20)17-7-5-15(29-25-3)11-19(17)23(24)27-21/h5-12H,1-4H3. The van der Waals surface area contributed by atoms with Crippen LogP contribution in [0.25, 0.3) is 43.6 Å². The highest BCUT2D eigenvalue weighted by molar-refractivity contribution is 6.24. The molecule has 0 unspecified atom stereocenters. The summed E-state index contributed by atoms with van der Waals surface area (Å²) in [7, 11) is 3.34. The lowest BCUT2D eigenvalue weighted by Crippen LogP contribution is -1.93. The van der Waals surface area contributed by atoms with E-state index in [1.807, 2.05) is 24.3 Å². The number of benzene rings is 4. The molecule has 0 bridgehead atoms.